The zero-order chi connectivity index (χ0) is 20.6. The molecule has 0 bridgehead atoms. The van der Waals surface area contributed by atoms with Crippen molar-refractivity contribution in [2.45, 2.75) is 28.4 Å². The molecule has 29 heavy (non-hydrogen) atoms. The van der Waals surface area contributed by atoms with Gasteiger partial charge in [-0.3, -0.25) is 4.79 Å². The van der Waals surface area contributed by atoms with E-state index < -0.39 is 10.0 Å². The predicted octanol–water partition coefficient (Wildman–Crippen LogP) is 3.67. The number of sulfonamides is 1. The summed E-state index contributed by atoms with van der Waals surface area (Å²) in [5.41, 5.74) is 1.61. The first kappa shape index (κ1) is 20.5. The number of carbonyl (C=O) groups is 1. The van der Waals surface area contributed by atoms with E-state index in [1.807, 2.05) is 31.2 Å². The number of piperazine rings is 1. The first-order valence-corrected chi connectivity index (χ1v) is 12.1. The number of hydrogen-bond donors (Lipinski definition) is 1. The van der Waals surface area contributed by atoms with Gasteiger partial charge in [0.05, 0.1) is 10.6 Å². The van der Waals surface area contributed by atoms with Crippen molar-refractivity contribution in [1.82, 2.24) is 4.31 Å². The number of carbonyl (C=O) groups excluding carboxylic acids is 1. The summed E-state index contributed by atoms with van der Waals surface area (Å²) in [6, 6.07) is 12.6. The molecule has 2 aliphatic rings. The Kier molecular flexibility index (Phi) is 5.79. The molecule has 2 aliphatic heterocycles. The first-order chi connectivity index (χ1) is 13.8. The van der Waals surface area contributed by atoms with Gasteiger partial charge in [0.1, 0.15) is 0 Å². The Morgan fingerprint density at radius 1 is 1.07 bits per heavy atom. The van der Waals surface area contributed by atoms with E-state index in [1.165, 1.54) is 4.31 Å². The molecular formula is C20H22ClN3O3S2. The highest BCUT2D eigenvalue weighted by Gasteiger charge is 2.30. The van der Waals surface area contributed by atoms with E-state index in [0.717, 1.165) is 10.6 Å². The van der Waals surface area contributed by atoms with Crippen LogP contribution in [0.1, 0.15) is 13.3 Å². The number of nitrogens with zero attached hydrogens (tertiary/aromatic N) is 2. The number of rotatable bonds is 3. The molecule has 2 aromatic carbocycles. The minimum Gasteiger partial charge on any atom is -0.369 e. The van der Waals surface area contributed by atoms with E-state index in [0.29, 0.717) is 43.3 Å². The Labute approximate surface area is 180 Å². The molecule has 1 saturated heterocycles. The maximum atomic E-state index is 13.2. The van der Waals surface area contributed by atoms with Gasteiger partial charge in [-0.25, -0.2) is 8.42 Å². The van der Waals surface area contributed by atoms with Gasteiger partial charge in [-0.1, -0.05) is 18.5 Å². The average molecular weight is 452 g/mol. The lowest BCUT2D eigenvalue weighted by atomic mass is 10.2. The number of thioether (sulfide) groups is 1. The van der Waals surface area contributed by atoms with Crippen LogP contribution in [-0.2, 0) is 14.8 Å². The molecular weight excluding hydrogens is 430 g/mol. The van der Waals surface area contributed by atoms with Crippen LogP contribution in [0.4, 0.5) is 11.4 Å². The standard InChI is InChI=1S/C20H22ClN3O3S2/c1-14-12-20(25)22-18-13-17(6-7-19(18)28-14)29(26,27)24-10-8-23(9-11-24)16-4-2-15(21)3-5-16/h2-7,13-14H,8-12H2,1H3,(H,22,25). The number of halogens is 1. The average Bonchev–Trinajstić information content (AvgIpc) is 2.84. The van der Waals surface area contributed by atoms with Crippen LogP contribution >= 0.6 is 23.4 Å². The maximum absolute atomic E-state index is 13.2. The molecule has 1 N–H and O–H groups in total. The lowest BCUT2D eigenvalue weighted by Crippen LogP contribution is -2.48. The van der Waals surface area contributed by atoms with Crippen molar-refractivity contribution in [3.63, 3.8) is 0 Å². The van der Waals surface area contributed by atoms with Gasteiger partial charge in [0, 0.05) is 53.5 Å². The van der Waals surface area contributed by atoms with Crippen LogP contribution in [0.15, 0.2) is 52.3 Å². The van der Waals surface area contributed by atoms with Crippen LogP contribution in [0.3, 0.4) is 0 Å². The Hall–Kier alpha value is -1.74. The Bertz CT molecular complexity index is 1020. The van der Waals surface area contributed by atoms with E-state index in [2.05, 4.69) is 10.2 Å². The van der Waals surface area contributed by atoms with E-state index in [4.69, 9.17) is 11.6 Å². The summed E-state index contributed by atoms with van der Waals surface area (Å²) in [7, 11) is -3.63. The molecule has 1 unspecified atom stereocenters. The molecule has 0 saturated carbocycles. The van der Waals surface area contributed by atoms with Crippen LogP contribution in [0.25, 0.3) is 0 Å². The normalized spacial score (nSPS) is 20.7. The molecule has 6 nitrogen and oxygen atoms in total. The van der Waals surface area contributed by atoms with E-state index in [1.54, 1.807) is 30.0 Å². The molecule has 1 fully saturated rings. The summed E-state index contributed by atoms with van der Waals surface area (Å²) in [5, 5.41) is 3.67. The summed E-state index contributed by atoms with van der Waals surface area (Å²) >= 11 is 7.53. The molecule has 0 aliphatic carbocycles. The number of nitrogens with one attached hydrogen (secondary N) is 1. The van der Waals surface area contributed by atoms with Gasteiger partial charge in [-0.05, 0) is 42.5 Å². The Morgan fingerprint density at radius 3 is 2.45 bits per heavy atom. The van der Waals surface area contributed by atoms with Crippen LogP contribution in [0, 0.1) is 0 Å². The van der Waals surface area contributed by atoms with Crippen molar-refractivity contribution >= 4 is 50.7 Å². The summed E-state index contributed by atoms with van der Waals surface area (Å²) in [4.78, 5) is 15.3. The summed E-state index contributed by atoms with van der Waals surface area (Å²) in [6.45, 7) is 4.01. The number of fused-ring (bicyclic) bond motifs is 1. The van der Waals surface area contributed by atoms with Gasteiger partial charge in [0.15, 0.2) is 0 Å². The molecule has 1 atom stereocenters. The zero-order valence-corrected chi connectivity index (χ0v) is 18.4. The minimum absolute atomic E-state index is 0.0881. The number of anilines is 2. The molecule has 2 aromatic rings. The third-order valence-corrected chi connectivity index (χ3v) is 8.42. The zero-order valence-electron chi connectivity index (χ0n) is 16.0. The van der Waals surface area contributed by atoms with Gasteiger partial charge in [-0.2, -0.15) is 4.31 Å². The molecule has 0 aromatic heterocycles. The lowest BCUT2D eigenvalue weighted by molar-refractivity contribution is -0.116. The highest BCUT2D eigenvalue weighted by molar-refractivity contribution is 8.00. The summed E-state index contributed by atoms with van der Waals surface area (Å²) in [6.07, 6.45) is 0.411. The quantitative estimate of drug-likeness (QED) is 0.770. The van der Waals surface area contributed by atoms with Crippen LogP contribution < -0.4 is 10.2 Å². The fraction of sp³-hybridized carbons (Fsp3) is 0.350. The Balaban J connectivity index is 1.51. The maximum Gasteiger partial charge on any atom is 0.243 e. The van der Waals surface area contributed by atoms with Gasteiger partial charge in [0.2, 0.25) is 15.9 Å². The predicted molar refractivity (Wildman–Crippen MR) is 117 cm³/mol. The molecule has 9 heteroatoms. The monoisotopic (exact) mass is 451 g/mol. The number of hydrogen-bond acceptors (Lipinski definition) is 5. The minimum atomic E-state index is -3.63. The molecule has 0 spiro atoms. The van der Waals surface area contributed by atoms with E-state index in [9.17, 15) is 13.2 Å². The third-order valence-electron chi connectivity index (χ3n) is 5.09. The largest absolute Gasteiger partial charge is 0.369 e. The van der Waals surface area contributed by atoms with Crippen LogP contribution in [-0.4, -0.2) is 50.1 Å². The molecule has 4 rings (SSSR count). The SMILES string of the molecule is CC1CC(=O)Nc2cc(S(=O)(=O)N3CCN(c4ccc(Cl)cc4)CC3)ccc2S1. The molecule has 1 amide bonds. The second-order valence-electron chi connectivity index (χ2n) is 7.21. The highest BCUT2D eigenvalue weighted by Crippen LogP contribution is 2.36. The molecule has 154 valence electrons. The van der Waals surface area contributed by atoms with Gasteiger partial charge < -0.3 is 10.2 Å². The second-order valence-corrected chi connectivity index (χ2v) is 11.1. The molecule has 0 radical (unpaired) electrons. The van der Waals surface area contributed by atoms with Gasteiger partial charge in [0.25, 0.3) is 0 Å². The number of amides is 1. The van der Waals surface area contributed by atoms with Gasteiger partial charge >= 0.3 is 0 Å². The van der Waals surface area contributed by atoms with E-state index in [-0.39, 0.29) is 16.1 Å². The van der Waals surface area contributed by atoms with Crippen molar-refractivity contribution in [3.05, 3.63) is 47.5 Å². The fourth-order valence-corrected chi connectivity index (χ4v) is 6.21. The van der Waals surface area contributed by atoms with Crippen molar-refractivity contribution in [3.8, 4) is 0 Å². The van der Waals surface area contributed by atoms with Crippen molar-refractivity contribution in [2.24, 2.45) is 0 Å². The summed E-state index contributed by atoms with van der Waals surface area (Å²) in [5.74, 6) is -0.0881. The summed E-state index contributed by atoms with van der Waals surface area (Å²) < 4.78 is 27.8. The van der Waals surface area contributed by atoms with Crippen LogP contribution in [0.5, 0.6) is 0 Å². The van der Waals surface area contributed by atoms with Crippen LogP contribution in [0.2, 0.25) is 5.02 Å². The van der Waals surface area contributed by atoms with Gasteiger partial charge in [-0.15, -0.1) is 11.8 Å². The molecule has 2 heterocycles. The fourth-order valence-electron chi connectivity index (χ4n) is 3.58. The van der Waals surface area contributed by atoms with Crippen molar-refractivity contribution < 1.29 is 13.2 Å². The van der Waals surface area contributed by atoms with Crippen molar-refractivity contribution in [1.29, 1.82) is 0 Å². The highest BCUT2D eigenvalue weighted by atomic mass is 35.5. The smallest absolute Gasteiger partial charge is 0.243 e. The Morgan fingerprint density at radius 2 is 1.76 bits per heavy atom. The first-order valence-electron chi connectivity index (χ1n) is 9.44. The lowest BCUT2D eigenvalue weighted by Gasteiger charge is -2.35. The second kappa shape index (κ2) is 8.18. The third kappa shape index (κ3) is 4.40. The topological polar surface area (TPSA) is 69.7 Å². The van der Waals surface area contributed by atoms with E-state index >= 15 is 0 Å². The van der Waals surface area contributed by atoms with Crippen molar-refractivity contribution in [2.75, 3.05) is 36.4 Å². The number of benzene rings is 2.